The molecule has 3 rings (SSSR count). The van der Waals surface area contributed by atoms with Gasteiger partial charge in [0.2, 0.25) is 11.8 Å². The smallest absolute Gasteiger partial charge is 0.310 e. The van der Waals surface area contributed by atoms with Crippen LogP contribution in [-0.2, 0) is 19.1 Å². The molecule has 3 aliphatic heterocycles. The number of likely N-dealkylation sites (tertiary alicyclic amines) is 1. The lowest BCUT2D eigenvalue weighted by atomic mass is 9.71. The first-order valence-corrected chi connectivity index (χ1v) is 12.4. The number of esters is 1. The summed E-state index contributed by atoms with van der Waals surface area (Å²) in [7, 11) is 0. The molecule has 0 aromatic heterocycles. The first-order chi connectivity index (χ1) is 14.5. The standard InChI is InChI=1S/C22H36N2O5S/c1-3-5-12-23-19(26)18-22-11-10-15(30-22)16(21(28)29-4-2)17(22)20(27)24(18)13-8-6-7-9-14-25/h15-18,25H,3-14H2,1-2H3,(H,23,26)/t15-,16+,17-,18?,22?/m0/s1. The number of thioether (sulfide) groups is 1. The molecule has 2 unspecified atom stereocenters. The van der Waals surface area contributed by atoms with Gasteiger partial charge in [0, 0.05) is 24.9 Å². The van der Waals surface area contributed by atoms with E-state index < -0.39 is 22.6 Å². The van der Waals surface area contributed by atoms with E-state index in [0.29, 0.717) is 19.7 Å². The Morgan fingerprint density at radius 1 is 1.23 bits per heavy atom. The number of carbonyl (C=O) groups is 3. The predicted molar refractivity (Wildman–Crippen MR) is 116 cm³/mol. The number of amides is 2. The van der Waals surface area contributed by atoms with Crippen molar-refractivity contribution in [2.75, 3.05) is 26.3 Å². The third kappa shape index (κ3) is 4.22. The van der Waals surface area contributed by atoms with Crippen LogP contribution in [0.4, 0.5) is 0 Å². The first kappa shape index (κ1) is 23.4. The van der Waals surface area contributed by atoms with Crippen molar-refractivity contribution in [3.8, 4) is 0 Å². The lowest BCUT2D eigenvalue weighted by molar-refractivity contribution is -0.153. The Morgan fingerprint density at radius 3 is 2.70 bits per heavy atom. The average Bonchev–Trinajstić information content (AvgIpc) is 3.36. The van der Waals surface area contributed by atoms with Gasteiger partial charge in [0.25, 0.3) is 0 Å². The van der Waals surface area contributed by atoms with E-state index in [-0.39, 0.29) is 29.6 Å². The zero-order valence-corrected chi connectivity index (χ0v) is 19.0. The van der Waals surface area contributed by atoms with Crippen LogP contribution < -0.4 is 5.32 Å². The van der Waals surface area contributed by atoms with E-state index >= 15 is 0 Å². The van der Waals surface area contributed by atoms with Crippen LogP contribution in [0.1, 0.15) is 65.2 Å². The van der Waals surface area contributed by atoms with Gasteiger partial charge in [-0.25, -0.2) is 0 Å². The van der Waals surface area contributed by atoms with E-state index in [0.717, 1.165) is 51.4 Å². The number of rotatable bonds is 12. The van der Waals surface area contributed by atoms with E-state index in [4.69, 9.17) is 9.84 Å². The molecule has 7 nitrogen and oxygen atoms in total. The monoisotopic (exact) mass is 440 g/mol. The van der Waals surface area contributed by atoms with Crippen LogP contribution in [0.2, 0.25) is 0 Å². The number of fused-ring (bicyclic) bond motifs is 1. The van der Waals surface area contributed by atoms with Crippen LogP contribution in [-0.4, -0.2) is 70.1 Å². The summed E-state index contributed by atoms with van der Waals surface area (Å²) in [6.45, 7) is 5.48. The number of hydrogen-bond acceptors (Lipinski definition) is 6. The molecule has 3 saturated heterocycles. The lowest BCUT2D eigenvalue weighted by Crippen LogP contribution is -2.53. The summed E-state index contributed by atoms with van der Waals surface area (Å²) in [6, 6.07) is -0.515. The van der Waals surface area contributed by atoms with Crippen LogP contribution in [0.5, 0.6) is 0 Å². The summed E-state index contributed by atoms with van der Waals surface area (Å²) >= 11 is 1.69. The Balaban J connectivity index is 1.81. The van der Waals surface area contributed by atoms with Gasteiger partial charge in [0.1, 0.15) is 6.04 Å². The number of ether oxygens (including phenoxy) is 1. The molecular weight excluding hydrogens is 404 g/mol. The van der Waals surface area contributed by atoms with E-state index in [1.807, 2.05) is 0 Å². The van der Waals surface area contributed by atoms with Crippen LogP contribution in [0.3, 0.4) is 0 Å². The van der Waals surface area contributed by atoms with Crippen molar-refractivity contribution in [1.29, 1.82) is 0 Å². The molecule has 2 amide bonds. The van der Waals surface area contributed by atoms with Gasteiger partial charge in [-0.3, -0.25) is 14.4 Å². The van der Waals surface area contributed by atoms with Crippen LogP contribution in [0.25, 0.3) is 0 Å². The fourth-order valence-electron chi connectivity index (χ4n) is 5.43. The van der Waals surface area contributed by atoms with Crippen molar-refractivity contribution in [3.05, 3.63) is 0 Å². The Morgan fingerprint density at radius 2 is 2.00 bits per heavy atom. The molecule has 0 aromatic rings. The highest BCUT2D eigenvalue weighted by atomic mass is 32.2. The van der Waals surface area contributed by atoms with Crippen molar-refractivity contribution in [1.82, 2.24) is 10.2 Å². The molecule has 8 heteroatoms. The molecule has 3 fully saturated rings. The molecule has 5 atom stereocenters. The third-order valence-electron chi connectivity index (χ3n) is 6.74. The highest BCUT2D eigenvalue weighted by molar-refractivity contribution is 8.02. The molecule has 30 heavy (non-hydrogen) atoms. The largest absolute Gasteiger partial charge is 0.466 e. The van der Waals surface area contributed by atoms with Gasteiger partial charge in [-0.15, -0.1) is 11.8 Å². The van der Waals surface area contributed by atoms with E-state index in [1.54, 1.807) is 23.6 Å². The van der Waals surface area contributed by atoms with Crippen molar-refractivity contribution in [2.45, 2.75) is 81.3 Å². The molecule has 2 N–H and O–H groups in total. The quantitative estimate of drug-likeness (QED) is 0.356. The Kier molecular flexibility index (Phi) is 8.07. The van der Waals surface area contributed by atoms with Gasteiger partial charge in [0.05, 0.1) is 23.2 Å². The Labute approximate surface area is 183 Å². The maximum atomic E-state index is 13.5. The van der Waals surface area contributed by atoms with Gasteiger partial charge in [0.15, 0.2) is 0 Å². The van der Waals surface area contributed by atoms with Gasteiger partial charge < -0.3 is 20.1 Å². The maximum Gasteiger partial charge on any atom is 0.310 e. The van der Waals surface area contributed by atoms with E-state index in [2.05, 4.69) is 12.2 Å². The van der Waals surface area contributed by atoms with Crippen molar-refractivity contribution >= 4 is 29.5 Å². The topological polar surface area (TPSA) is 95.9 Å². The average molecular weight is 441 g/mol. The SMILES string of the molecule is CCCCNC(=O)C1N(CCCCCCO)C(=O)[C@@H]2[C@H](C(=O)OCC)[C@@H]3CCC12S3. The Bertz CT molecular complexity index is 645. The Hall–Kier alpha value is -1.28. The normalized spacial score (nSPS) is 31.8. The molecule has 3 heterocycles. The van der Waals surface area contributed by atoms with E-state index in [9.17, 15) is 14.4 Å². The van der Waals surface area contributed by atoms with Crippen molar-refractivity contribution in [2.24, 2.45) is 11.8 Å². The highest BCUT2D eigenvalue weighted by Gasteiger charge is 2.73. The number of aliphatic hydroxyl groups excluding tert-OH is 1. The minimum Gasteiger partial charge on any atom is -0.466 e. The fraction of sp³-hybridized carbons (Fsp3) is 0.864. The summed E-state index contributed by atoms with van der Waals surface area (Å²) in [5, 5.41) is 12.1. The number of aliphatic hydroxyl groups is 1. The van der Waals surface area contributed by atoms with Gasteiger partial charge >= 0.3 is 5.97 Å². The number of nitrogens with one attached hydrogen (secondary N) is 1. The predicted octanol–water partition coefficient (Wildman–Crippen LogP) is 2.11. The summed E-state index contributed by atoms with van der Waals surface area (Å²) in [5.74, 6) is -1.32. The van der Waals surface area contributed by atoms with Crippen LogP contribution >= 0.6 is 11.8 Å². The van der Waals surface area contributed by atoms with Crippen LogP contribution in [0, 0.1) is 11.8 Å². The molecule has 1 spiro atoms. The second-order valence-corrected chi connectivity index (χ2v) is 10.2. The number of hydrogen-bond donors (Lipinski definition) is 2. The number of carbonyl (C=O) groups excluding carboxylic acids is 3. The molecule has 0 aliphatic carbocycles. The molecule has 0 saturated carbocycles. The first-order valence-electron chi connectivity index (χ1n) is 11.5. The maximum absolute atomic E-state index is 13.5. The van der Waals surface area contributed by atoms with E-state index in [1.165, 1.54) is 0 Å². The highest BCUT2D eigenvalue weighted by Crippen LogP contribution is 2.66. The summed E-state index contributed by atoms with van der Waals surface area (Å²) < 4.78 is 4.81. The summed E-state index contributed by atoms with van der Waals surface area (Å²) in [4.78, 5) is 41.3. The molecule has 2 bridgehead atoms. The summed E-state index contributed by atoms with van der Waals surface area (Å²) in [5.41, 5.74) is 0. The molecule has 0 aromatic carbocycles. The minimum atomic E-state index is -0.515. The second-order valence-electron chi connectivity index (χ2n) is 8.62. The molecule has 0 radical (unpaired) electrons. The van der Waals surface area contributed by atoms with Crippen LogP contribution in [0.15, 0.2) is 0 Å². The zero-order valence-electron chi connectivity index (χ0n) is 18.2. The molecular formula is C22H36N2O5S. The van der Waals surface area contributed by atoms with Gasteiger partial charge in [-0.05, 0) is 39.0 Å². The van der Waals surface area contributed by atoms with Crippen molar-refractivity contribution < 1.29 is 24.2 Å². The second kappa shape index (κ2) is 10.4. The third-order valence-corrected chi connectivity index (χ3v) is 8.70. The van der Waals surface area contributed by atoms with Gasteiger partial charge in [-0.1, -0.05) is 26.2 Å². The molecule has 170 valence electrons. The summed E-state index contributed by atoms with van der Waals surface area (Å²) in [6.07, 6.45) is 6.91. The van der Waals surface area contributed by atoms with Gasteiger partial charge in [-0.2, -0.15) is 0 Å². The van der Waals surface area contributed by atoms with Crippen molar-refractivity contribution in [3.63, 3.8) is 0 Å². The number of nitrogens with zero attached hydrogens (tertiary/aromatic N) is 1. The molecule has 3 aliphatic rings. The zero-order chi connectivity index (χ0) is 21.7. The minimum absolute atomic E-state index is 0.0550. The fourth-order valence-corrected chi connectivity index (χ4v) is 7.64. The number of unbranched alkanes of at least 4 members (excludes halogenated alkanes) is 4. The lowest BCUT2D eigenvalue weighted by Gasteiger charge is -2.34.